The van der Waals surface area contributed by atoms with Gasteiger partial charge in [0.2, 0.25) is 0 Å². The van der Waals surface area contributed by atoms with Crippen LogP contribution >= 0.6 is 11.6 Å². The summed E-state index contributed by atoms with van der Waals surface area (Å²) in [5.41, 5.74) is 4.33. The van der Waals surface area contributed by atoms with E-state index in [4.69, 9.17) is 11.6 Å². The molecule has 2 rings (SSSR count). The highest BCUT2D eigenvalue weighted by molar-refractivity contribution is 6.29. The molecule has 0 saturated heterocycles. The molecule has 3 heteroatoms. The number of likely N-dealkylation sites (N-methyl/N-ethyl adjacent to an activating group) is 1. The van der Waals surface area contributed by atoms with Crippen LogP contribution < -0.4 is 0 Å². The predicted molar refractivity (Wildman–Crippen MR) is 82.4 cm³/mol. The van der Waals surface area contributed by atoms with E-state index >= 15 is 0 Å². The van der Waals surface area contributed by atoms with Crippen molar-refractivity contribution in [2.24, 2.45) is 0 Å². The minimum absolute atomic E-state index is 0.573. The van der Waals surface area contributed by atoms with Crippen molar-refractivity contribution in [1.82, 2.24) is 9.88 Å². The molecule has 104 valence electrons. The summed E-state index contributed by atoms with van der Waals surface area (Å²) in [6.45, 7) is 1.05. The molecule has 1 aromatic rings. The average Bonchev–Trinajstić information content (AvgIpc) is 2.34. The van der Waals surface area contributed by atoms with E-state index in [1.54, 1.807) is 5.57 Å². The molecule has 0 atom stereocenters. The van der Waals surface area contributed by atoms with Crippen molar-refractivity contribution in [1.29, 1.82) is 0 Å². The molecule has 0 spiro atoms. The second-order valence-electron chi connectivity index (χ2n) is 5.60. The number of pyridine rings is 1. The van der Waals surface area contributed by atoms with Gasteiger partial charge in [0.15, 0.2) is 0 Å². The number of hydrogen-bond donors (Lipinski definition) is 0. The third kappa shape index (κ3) is 4.32. The third-order valence-corrected chi connectivity index (χ3v) is 3.89. The smallest absolute Gasteiger partial charge is 0.129 e. The summed E-state index contributed by atoms with van der Waals surface area (Å²) in [5, 5.41) is 0.573. The van der Waals surface area contributed by atoms with Crippen molar-refractivity contribution in [3.05, 3.63) is 34.6 Å². The second kappa shape index (κ2) is 7.06. The number of rotatable bonds is 3. The Morgan fingerprint density at radius 2 is 1.84 bits per heavy atom. The molecule has 0 N–H and O–H groups in total. The van der Waals surface area contributed by atoms with Gasteiger partial charge in [-0.25, -0.2) is 4.98 Å². The molecule has 2 nitrogen and oxygen atoms in total. The molecule has 0 bridgehead atoms. The maximum Gasteiger partial charge on any atom is 0.129 e. The summed E-state index contributed by atoms with van der Waals surface area (Å²) < 4.78 is 0. The van der Waals surface area contributed by atoms with Gasteiger partial charge in [0.25, 0.3) is 0 Å². The van der Waals surface area contributed by atoms with Gasteiger partial charge in [0, 0.05) is 12.7 Å². The van der Waals surface area contributed by atoms with Crippen LogP contribution in [0.15, 0.2) is 23.9 Å². The van der Waals surface area contributed by atoms with E-state index in [0.717, 1.165) is 6.54 Å². The Bertz CT molecular complexity index is 435. The molecule has 0 fully saturated rings. The van der Waals surface area contributed by atoms with Crippen LogP contribution in [0, 0.1) is 0 Å². The van der Waals surface area contributed by atoms with Crippen molar-refractivity contribution in [3.8, 4) is 0 Å². The topological polar surface area (TPSA) is 16.1 Å². The summed E-state index contributed by atoms with van der Waals surface area (Å²) >= 11 is 5.89. The zero-order chi connectivity index (χ0) is 13.7. The first-order valence-electron chi connectivity index (χ1n) is 7.14. The van der Waals surface area contributed by atoms with Gasteiger partial charge in [-0.3, -0.25) is 0 Å². The standard InChI is InChI=1S/C16H23ClN2/c1-19(2)12-14-7-5-3-4-6-8-15(14)13-9-10-16(17)18-11-13/h9-11H,3-8,12H2,1-2H3. The molecule has 0 aliphatic heterocycles. The SMILES string of the molecule is CN(C)CC1=C(c2ccc(Cl)nc2)CCCCCC1. The van der Waals surface area contributed by atoms with E-state index in [9.17, 15) is 0 Å². The predicted octanol–water partition coefficient (Wildman–Crippen LogP) is 4.40. The molecule has 1 aliphatic rings. The van der Waals surface area contributed by atoms with Gasteiger partial charge in [-0.1, -0.05) is 36.1 Å². The quantitative estimate of drug-likeness (QED) is 0.762. The monoisotopic (exact) mass is 278 g/mol. The molecule has 1 aliphatic carbocycles. The highest BCUT2D eigenvalue weighted by atomic mass is 35.5. The van der Waals surface area contributed by atoms with Gasteiger partial charge in [0.1, 0.15) is 5.15 Å². The molecule has 0 saturated carbocycles. The van der Waals surface area contributed by atoms with Gasteiger partial charge in [-0.05, 0) is 57.0 Å². The van der Waals surface area contributed by atoms with E-state index in [1.807, 2.05) is 12.3 Å². The van der Waals surface area contributed by atoms with Crippen LogP contribution in [0.3, 0.4) is 0 Å². The van der Waals surface area contributed by atoms with Crippen LogP contribution in [0.25, 0.3) is 5.57 Å². The molecule has 0 radical (unpaired) electrons. The third-order valence-electron chi connectivity index (χ3n) is 3.67. The second-order valence-corrected chi connectivity index (χ2v) is 5.99. The van der Waals surface area contributed by atoms with Gasteiger partial charge in [-0.2, -0.15) is 0 Å². The van der Waals surface area contributed by atoms with Crippen LogP contribution in [0.4, 0.5) is 0 Å². The molecule has 19 heavy (non-hydrogen) atoms. The highest BCUT2D eigenvalue weighted by Gasteiger charge is 2.13. The fraction of sp³-hybridized carbons (Fsp3) is 0.562. The Labute approximate surface area is 121 Å². The molecule has 0 amide bonds. The Morgan fingerprint density at radius 1 is 1.11 bits per heavy atom. The van der Waals surface area contributed by atoms with Crippen molar-refractivity contribution in [2.75, 3.05) is 20.6 Å². The lowest BCUT2D eigenvalue weighted by Gasteiger charge is -2.21. The van der Waals surface area contributed by atoms with Gasteiger partial charge in [0.05, 0.1) is 0 Å². The first-order valence-corrected chi connectivity index (χ1v) is 7.52. The number of halogens is 1. The molecular weight excluding hydrogens is 256 g/mol. The van der Waals surface area contributed by atoms with Crippen LogP contribution in [-0.2, 0) is 0 Å². The summed E-state index contributed by atoms with van der Waals surface area (Å²) in [6.07, 6.45) is 9.63. The largest absolute Gasteiger partial charge is 0.305 e. The van der Waals surface area contributed by atoms with Crippen molar-refractivity contribution in [3.63, 3.8) is 0 Å². The molecule has 1 aromatic heterocycles. The first kappa shape index (κ1) is 14.5. The van der Waals surface area contributed by atoms with Crippen molar-refractivity contribution < 1.29 is 0 Å². The highest BCUT2D eigenvalue weighted by Crippen LogP contribution is 2.30. The van der Waals surface area contributed by atoms with Gasteiger partial charge >= 0.3 is 0 Å². The number of nitrogens with zero attached hydrogens (tertiary/aromatic N) is 2. The number of hydrogen-bond acceptors (Lipinski definition) is 2. The Kier molecular flexibility index (Phi) is 5.41. The normalized spacial score (nSPS) is 17.5. The lowest BCUT2D eigenvalue weighted by atomic mass is 9.89. The van der Waals surface area contributed by atoms with E-state index in [1.165, 1.54) is 49.7 Å². The van der Waals surface area contributed by atoms with E-state index < -0.39 is 0 Å². The summed E-state index contributed by atoms with van der Waals surface area (Å²) in [4.78, 5) is 6.50. The Balaban J connectivity index is 2.33. The number of allylic oxidation sites excluding steroid dienone is 1. The summed E-state index contributed by atoms with van der Waals surface area (Å²) in [5.74, 6) is 0. The first-order chi connectivity index (χ1) is 9.16. The van der Waals surface area contributed by atoms with Crippen molar-refractivity contribution in [2.45, 2.75) is 38.5 Å². The maximum absolute atomic E-state index is 5.89. The fourth-order valence-corrected chi connectivity index (χ4v) is 2.89. The van der Waals surface area contributed by atoms with Crippen LogP contribution in [-0.4, -0.2) is 30.5 Å². The average molecular weight is 279 g/mol. The Hall–Kier alpha value is -0.860. The van der Waals surface area contributed by atoms with Crippen LogP contribution in [0.5, 0.6) is 0 Å². The zero-order valence-corrected chi connectivity index (χ0v) is 12.7. The Morgan fingerprint density at radius 3 is 2.47 bits per heavy atom. The van der Waals surface area contributed by atoms with E-state index in [2.05, 4.69) is 30.0 Å². The van der Waals surface area contributed by atoms with Crippen molar-refractivity contribution >= 4 is 17.2 Å². The summed E-state index contributed by atoms with van der Waals surface area (Å²) in [6, 6.07) is 4.01. The lowest BCUT2D eigenvalue weighted by molar-refractivity contribution is 0.435. The molecule has 1 heterocycles. The maximum atomic E-state index is 5.89. The lowest BCUT2D eigenvalue weighted by Crippen LogP contribution is -2.17. The minimum atomic E-state index is 0.573. The molecular formula is C16H23ClN2. The summed E-state index contributed by atoms with van der Waals surface area (Å²) in [7, 11) is 4.28. The number of aromatic nitrogens is 1. The fourth-order valence-electron chi connectivity index (χ4n) is 2.78. The minimum Gasteiger partial charge on any atom is -0.305 e. The van der Waals surface area contributed by atoms with E-state index in [0.29, 0.717) is 5.15 Å². The van der Waals surface area contributed by atoms with E-state index in [-0.39, 0.29) is 0 Å². The van der Waals surface area contributed by atoms with Crippen LogP contribution in [0.1, 0.15) is 44.1 Å². The van der Waals surface area contributed by atoms with Gasteiger partial charge < -0.3 is 4.90 Å². The molecule has 0 aromatic carbocycles. The van der Waals surface area contributed by atoms with Gasteiger partial charge in [-0.15, -0.1) is 0 Å². The zero-order valence-electron chi connectivity index (χ0n) is 12.0. The molecule has 0 unspecified atom stereocenters. The van der Waals surface area contributed by atoms with Crippen LogP contribution in [0.2, 0.25) is 5.15 Å².